The summed E-state index contributed by atoms with van der Waals surface area (Å²) in [5.74, 6) is 0.357. The number of hydrogen-bond donors (Lipinski definition) is 1. The third kappa shape index (κ3) is 4.84. The van der Waals surface area contributed by atoms with Crippen molar-refractivity contribution in [2.75, 3.05) is 0 Å². The second-order valence-corrected chi connectivity index (χ2v) is 5.80. The van der Waals surface area contributed by atoms with E-state index in [9.17, 15) is 10.0 Å². The summed E-state index contributed by atoms with van der Waals surface area (Å²) >= 11 is 0. The van der Waals surface area contributed by atoms with Crippen molar-refractivity contribution < 1.29 is 14.7 Å². The van der Waals surface area contributed by atoms with Gasteiger partial charge in [0.1, 0.15) is 5.60 Å². The molecule has 4 nitrogen and oxygen atoms in total. The number of rotatable bonds is 3. The molecule has 0 aromatic rings. The number of nitrogens with zero attached hydrogens (tertiary/aromatic N) is 1. The summed E-state index contributed by atoms with van der Waals surface area (Å²) in [5.41, 5.74) is -0.587. The van der Waals surface area contributed by atoms with Crippen LogP contribution in [0.5, 0.6) is 0 Å². The van der Waals surface area contributed by atoms with Gasteiger partial charge in [0.05, 0.1) is 6.04 Å². The van der Waals surface area contributed by atoms with Gasteiger partial charge in [-0.15, -0.1) is 0 Å². The minimum atomic E-state index is -0.681. The summed E-state index contributed by atoms with van der Waals surface area (Å²) in [4.78, 5) is 11.7. The fourth-order valence-electron chi connectivity index (χ4n) is 1.77. The van der Waals surface area contributed by atoms with Gasteiger partial charge in [0.15, 0.2) is 0 Å². The minimum absolute atomic E-state index is 0.178. The molecule has 0 spiro atoms. The van der Waals surface area contributed by atoms with Crippen molar-refractivity contribution in [3.05, 3.63) is 0 Å². The van der Waals surface area contributed by atoms with E-state index < -0.39 is 11.7 Å². The average molecular weight is 231 g/mol. The SMILES string of the molecule is CC(C)C(C(C)C)N(O)C(=O)OC(C)(C)C. The minimum Gasteiger partial charge on any atom is -0.442 e. The molecule has 16 heavy (non-hydrogen) atoms. The van der Waals surface area contributed by atoms with E-state index in [1.807, 2.05) is 27.7 Å². The molecular weight excluding hydrogens is 206 g/mol. The normalized spacial score (nSPS) is 12.4. The summed E-state index contributed by atoms with van der Waals surface area (Å²) in [6.07, 6.45) is -0.681. The third-order valence-electron chi connectivity index (χ3n) is 2.23. The van der Waals surface area contributed by atoms with Crippen LogP contribution in [0.2, 0.25) is 0 Å². The fourth-order valence-corrected chi connectivity index (χ4v) is 1.77. The number of carbonyl (C=O) groups excluding carboxylic acids is 1. The number of hydrogen-bond acceptors (Lipinski definition) is 3. The van der Waals surface area contributed by atoms with Crippen LogP contribution in [-0.4, -0.2) is 28.0 Å². The molecule has 0 unspecified atom stereocenters. The molecule has 0 saturated carbocycles. The lowest BCUT2D eigenvalue weighted by Gasteiger charge is -2.33. The zero-order valence-corrected chi connectivity index (χ0v) is 11.4. The second kappa shape index (κ2) is 5.53. The summed E-state index contributed by atoms with van der Waals surface area (Å²) in [6.45, 7) is 13.2. The molecule has 0 aromatic heterocycles. The Labute approximate surface area is 98.5 Å². The van der Waals surface area contributed by atoms with Crippen LogP contribution >= 0.6 is 0 Å². The van der Waals surface area contributed by atoms with Crippen LogP contribution in [0, 0.1) is 11.8 Å². The molecule has 4 heteroatoms. The zero-order valence-electron chi connectivity index (χ0n) is 11.4. The first kappa shape index (κ1) is 15.2. The monoisotopic (exact) mass is 231 g/mol. The van der Waals surface area contributed by atoms with Gasteiger partial charge in [-0.2, -0.15) is 5.06 Å². The quantitative estimate of drug-likeness (QED) is 0.599. The van der Waals surface area contributed by atoms with Crippen LogP contribution < -0.4 is 0 Å². The molecule has 0 saturated heterocycles. The third-order valence-corrected chi connectivity index (χ3v) is 2.23. The van der Waals surface area contributed by atoms with Gasteiger partial charge < -0.3 is 4.74 Å². The van der Waals surface area contributed by atoms with E-state index in [1.54, 1.807) is 20.8 Å². The predicted molar refractivity (Wildman–Crippen MR) is 63.3 cm³/mol. The number of hydroxylamine groups is 2. The van der Waals surface area contributed by atoms with E-state index in [-0.39, 0.29) is 17.9 Å². The van der Waals surface area contributed by atoms with E-state index in [0.717, 1.165) is 5.06 Å². The van der Waals surface area contributed by atoms with Crippen molar-refractivity contribution in [2.45, 2.75) is 60.1 Å². The Balaban J connectivity index is 4.63. The van der Waals surface area contributed by atoms with Crippen LogP contribution in [0.3, 0.4) is 0 Å². The van der Waals surface area contributed by atoms with Crippen LogP contribution in [0.25, 0.3) is 0 Å². The maximum absolute atomic E-state index is 11.7. The molecule has 1 amide bonds. The summed E-state index contributed by atoms with van der Waals surface area (Å²) in [5, 5.41) is 10.6. The Hall–Kier alpha value is -0.770. The molecule has 0 bridgehead atoms. The molecule has 0 aliphatic carbocycles. The van der Waals surface area contributed by atoms with Gasteiger partial charge in [-0.3, -0.25) is 5.21 Å². The molecular formula is C12H25NO3. The molecule has 0 rings (SSSR count). The maximum Gasteiger partial charge on any atom is 0.434 e. The lowest BCUT2D eigenvalue weighted by Crippen LogP contribution is -2.46. The van der Waals surface area contributed by atoms with Crippen LogP contribution in [0.15, 0.2) is 0 Å². The molecule has 0 aliphatic rings. The highest BCUT2D eigenvalue weighted by Gasteiger charge is 2.31. The Bertz CT molecular complexity index is 223. The largest absolute Gasteiger partial charge is 0.442 e. The molecule has 0 atom stereocenters. The first-order chi connectivity index (χ1) is 7.06. The number of carbonyl (C=O) groups is 1. The van der Waals surface area contributed by atoms with Crippen molar-refractivity contribution in [1.29, 1.82) is 0 Å². The van der Waals surface area contributed by atoms with Crippen LogP contribution in [0.1, 0.15) is 48.5 Å². The van der Waals surface area contributed by atoms with Crippen molar-refractivity contribution in [2.24, 2.45) is 11.8 Å². The molecule has 0 fully saturated rings. The fraction of sp³-hybridized carbons (Fsp3) is 0.917. The number of amides is 1. The zero-order chi connectivity index (χ0) is 13.1. The maximum atomic E-state index is 11.7. The van der Waals surface area contributed by atoms with E-state index in [1.165, 1.54) is 0 Å². The number of ether oxygens (including phenoxy) is 1. The van der Waals surface area contributed by atoms with Gasteiger partial charge in [-0.1, -0.05) is 27.7 Å². The molecule has 96 valence electrons. The highest BCUT2D eigenvalue weighted by atomic mass is 16.6. The van der Waals surface area contributed by atoms with Crippen molar-refractivity contribution in [1.82, 2.24) is 5.06 Å². The lowest BCUT2D eigenvalue weighted by molar-refractivity contribution is -0.139. The standard InChI is InChI=1S/C12H25NO3/c1-8(2)10(9(3)4)13(15)11(14)16-12(5,6)7/h8-10,15H,1-7H3. The van der Waals surface area contributed by atoms with E-state index in [4.69, 9.17) is 4.74 Å². The molecule has 0 heterocycles. The van der Waals surface area contributed by atoms with Crippen LogP contribution in [0.4, 0.5) is 4.79 Å². The van der Waals surface area contributed by atoms with Gasteiger partial charge in [-0.25, -0.2) is 4.79 Å². The van der Waals surface area contributed by atoms with Gasteiger partial charge >= 0.3 is 6.09 Å². The summed E-state index contributed by atoms with van der Waals surface area (Å²) in [6, 6.07) is -0.227. The first-order valence-electron chi connectivity index (χ1n) is 5.77. The van der Waals surface area contributed by atoms with Gasteiger partial charge in [-0.05, 0) is 32.6 Å². The molecule has 0 radical (unpaired) electrons. The Morgan fingerprint density at radius 2 is 1.50 bits per heavy atom. The van der Waals surface area contributed by atoms with Crippen LogP contribution in [-0.2, 0) is 4.74 Å². The Morgan fingerprint density at radius 1 is 1.12 bits per heavy atom. The second-order valence-electron chi connectivity index (χ2n) is 5.80. The lowest BCUT2D eigenvalue weighted by atomic mass is 9.93. The predicted octanol–water partition coefficient (Wildman–Crippen LogP) is 3.29. The molecule has 1 N–H and O–H groups in total. The van der Waals surface area contributed by atoms with Gasteiger partial charge in [0.25, 0.3) is 0 Å². The summed E-state index contributed by atoms with van der Waals surface area (Å²) in [7, 11) is 0. The first-order valence-corrected chi connectivity index (χ1v) is 5.77. The van der Waals surface area contributed by atoms with E-state index in [0.29, 0.717) is 0 Å². The van der Waals surface area contributed by atoms with E-state index >= 15 is 0 Å². The van der Waals surface area contributed by atoms with Crippen molar-refractivity contribution in [3.8, 4) is 0 Å². The highest BCUT2D eigenvalue weighted by Crippen LogP contribution is 2.20. The van der Waals surface area contributed by atoms with Gasteiger partial charge in [0.2, 0.25) is 0 Å². The molecule has 0 aromatic carbocycles. The Kier molecular flexibility index (Phi) is 5.26. The average Bonchev–Trinajstić information content (AvgIpc) is 1.98. The Morgan fingerprint density at radius 3 is 1.75 bits per heavy atom. The van der Waals surface area contributed by atoms with Gasteiger partial charge in [0, 0.05) is 0 Å². The topological polar surface area (TPSA) is 49.8 Å². The van der Waals surface area contributed by atoms with Crippen molar-refractivity contribution in [3.63, 3.8) is 0 Å². The summed E-state index contributed by atoms with van der Waals surface area (Å²) < 4.78 is 5.12. The molecule has 0 aliphatic heterocycles. The van der Waals surface area contributed by atoms with E-state index in [2.05, 4.69) is 0 Å². The highest BCUT2D eigenvalue weighted by molar-refractivity contribution is 5.67. The van der Waals surface area contributed by atoms with Crippen molar-refractivity contribution >= 4 is 6.09 Å². The smallest absolute Gasteiger partial charge is 0.434 e.